The summed E-state index contributed by atoms with van der Waals surface area (Å²) in [7, 11) is 0. The maximum Gasteiger partial charge on any atom is 0.305 e. The van der Waals surface area contributed by atoms with Crippen LogP contribution in [0.2, 0.25) is 0 Å². The molecular weight excluding hydrogens is 456 g/mol. The Morgan fingerprint density at radius 3 is 2.17 bits per heavy atom. The van der Waals surface area contributed by atoms with Crippen molar-refractivity contribution >= 4 is 17.9 Å². The summed E-state index contributed by atoms with van der Waals surface area (Å²) >= 11 is 0. The fourth-order valence-electron chi connectivity index (χ4n) is 4.60. The third kappa shape index (κ3) is 7.80. The van der Waals surface area contributed by atoms with Crippen molar-refractivity contribution in [3.8, 4) is 0 Å². The van der Waals surface area contributed by atoms with E-state index in [9.17, 15) is 19.6 Å². The van der Waals surface area contributed by atoms with Crippen molar-refractivity contribution in [2.24, 2.45) is 11.8 Å². The standard InChI is InChI=1S/C26H36O9/c1-14(2)12-23(32-17(5)27)25(33-18(6)28)21-13-31-26(34-19(7)29)24-16(4)9-11-22(35-30)15(3)8-10-20(21)24/h12-13,20,22-26,30H,3-4,8-11H2,1-2,5-7H3. The fourth-order valence-corrected chi connectivity index (χ4v) is 4.60. The Kier molecular flexibility index (Phi) is 10.3. The summed E-state index contributed by atoms with van der Waals surface area (Å²) in [5.74, 6) is -2.45. The van der Waals surface area contributed by atoms with Gasteiger partial charge in [0.2, 0.25) is 6.29 Å². The van der Waals surface area contributed by atoms with E-state index in [0.717, 1.165) is 11.1 Å². The zero-order chi connectivity index (χ0) is 26.3. The van der Waals surface area contributed by atoms with E-state index in [2.05, 4.69) is 18.0 Å². The highest BCUT2D eigenvalue weighted by molar-refractivity contribution is 5.68. The molecule has 6 atom stereocenters. The van der Waals surface area contributed by atoms with Crippen LogP contribution in [0.15, 0.2) is 47.8 Å². The van der Waals surface area contributed by atoms with Gasteiger partial charge in [-0.25, -0.2) is 4.89 Å². The fraction of sp³-hybridized carbons (Fsp3) is 0.577. The van der Waals surface area contributed by atoms with Gasteiger partial charge in [-0.15, -0.1) is 0 Å². The second kappa shape index (κ2) is 12.7. The van der Waals surface area contributed by atoms with Gasteiger partial charge in [0.1, 0.15) is 6.10 Å². The zero-order valence-electron chi connectivity index (χ0n) is 21.1. The van der Waals surface area contributed by atoms with Crippen molar-refractivity contribution in [3.63, 3.8) is 0 Å². The molecule has 1 aliphatic heterocycles. The van der Waals surface area contributed by atoms with Gasteiger partial charge < -0.3 is 18.9 Å². The normalized spacial score (nSPS) is 26.3. The second-order valence-corrected chi connectivity index (χ2v) is 9.20. The number of hydrogen-bond donors (Lipinski definition) is 1. The minimum absolute atomic E-state index is 0.359. The first-order chi connectivity index (χ1) is 16.4. The van der Waals surface area contributed by atoms with E-state index in [4.69, 9.17) is 18.9 Å². The summed E-state index contributed by atoms with van der Waals surface area (Å²) < 4.78 is 22.6. The van der Waals surface area contributed by atoms with Crippen molar-refractivity contribution < 1.29 is 43.5 Å². The van der Waals surface area contributed by atoms with Gasteiger partial charge in [-0.05, 0) is 51.2 Å². The number of rotatable bonds is 7. The molecule has 6 unspecified atom stereocenters. The molecule has 0 aromatic heterocycles. The Bertz CT molecular complexity index is 896. The second-order valence-electron chi connectivity index (χ2n) is 9.20. The Morgan fingerprint density at radius 2 is 1.63 bits per heavy atom. The van der Waals surface area contributed by atoms with Crippen LogP contribution in [0.4, 0.5) is 0 Å². The van der Waals surface area contributed by atoms with E-state index in [1.807, 2.05) is 13.8 Å². The van der Waals surface area contributed by atoms with Gasteiger partial charge >= 0.3 is 17.9 Å². The van der Waals surface area contributed by atoms with Crippen molar-refractivity contribution in [1.29, 1.82) is 0 Å². The molecule has 2 rings (SSSR count). The summed E-state index contributed by atoms with van der Waals surface area (Å²) in [6, 6.07) is 0. The predicted octanol–water partition coefficient (Wildman–Crippen LogP) is 4.40. The lowest BCUT2D eigenvalue weighted by Crippen LogP contribution is -2.44. The highest BCUT2D eigenvalue weighted by atomic mass is 17.1. The third-order valence-corrected chi connectivity index (χ3v) is 6.05. The van der Waals surface area contributed by atoms with Gasteiger partial charge in [-0.3, -0.25) is 19.6 Å². The summed E-state index contributed by atoms with van der Waals surface area (Å²) in [6.07, 6.45) is 1.56. The van der Waals surface area contributed by atoms with Gasteiger partial charge in [-0.1, -0.05) is 24.3 Å². The van der Waals surface area contributed by atoms with Crippen LogP contribution in [-0.4, -0.2) is 47.8 Å². The van der Waals surface area contributed by atoms with Crippen LogP contribution in [0, 0.1) is 11.8 Å². The van der Waals surface area contributed by atoms with E-state index < -0.39 is 48.4 Å². The minimum atomic E-state index is -0.983. The maximum atomic E-state index is 12.1. The smallest absolute Gasteiger partial charge is 0.305 e. The van der Waals surface area contributed by atoms with E-state index in [1.54, 1.807) is 6.08 Å². The third-order valence-electron chi connectivity index (χ3n) is 6.05. The van der Waals surface area contributed by atoms with Gasteiger partial charge in [0.05, 0.1) is 12.2 Å². The van der Waals surface area contributed by atoms with Crippen LogP contribution < -0.4 is 0 Å². The summed E-state index contributed by atoms with van der Waals surface area (Å²) in [6.45, 7) is 15.8. The molecule has 9 nitrogen and oxygen atoms in total. The van der Waals surface area contributed by atoms with Crippen LogP contribution in [0.25, 0.3) is 0 Å². The number of ether oxygens (including phenoxy) is 4. The van der Waals surface area contributed by atoms with Crippen LogP contribution >= 0.6 is 0 Å². The largest absolute Gasteiger partial charge is 0.462 e. The topological polar surface area (TPSA) is 118 Å². The lowest BCUT2D eigenvalue weighted by atomic mass is 9.74. The molecule has 0 amide bonds. The predicted molar refractivity (Wildman–Crippen MR) is 126 cm³/mol. The molecule has 1 aliphatic carbocycles. The average Bonchev–Trinajstić information content (AvgIpc) is 2.80. The summed E-state index contributed by atoms with van der Waals surface area (Å²) in [5, 5.41) is 9.36. The quantitative estimate of drug-likeness (QED) is 0.181. The Balaban J connectivity index is 2.61. The molecule has 1 fully saturated rings. The number of esters is 3. The number of carbonyl (C=O) groups excluding carboxylic acids is 3. The molecule has 0 aromatic rings. The Labute approximate surface area is 206 Å². The molecule has 35 heavy (non-hydrogen) atoms. The van der Waals surface area contributed by atoms with E-state index in [1.165, 1.54) is 27.0 Å². The van der Waals surface area contributed by atoms with Crippen LogP contribution in [0.3, 0.4) is 0 Å². The highest BCUT2D eigenvalue weighted by Crippen LogP contribution is 2.44. The monoisotopic (exact) mass is 492 g/mol. The van der Waals surface area contributed by atoms with Crippen molar-refractivity contribution in [3.05, 3.63) is 47.8 Å². The number of carbonyl (C=O) groups is 3. The van der Waals surface area contributed by atoms with Crippen molar-refractivity contribution in [1.82, 2.24) is 0 Å². The first-order valence-electron chi connectivity index (χ1n) is 11.6. The molecule has 1 N–H and O–H groups in total. The Morgan fingerprint density at radius 1 is 1.00 bits per heavy atom. The molecule has 0 spiro atoms. The van der Waals surface area contributed by atoms with Crippen molar-refractivity contribution in [2.45, 2.75) is 84.9 Å². The lowest BCUT2D eigenvalue weighted by molar-refractivity contribution is -0.270. The lowest BCUT2D eigenvalue weighted by Gasteiger charge is -2.41. The average molecular weight is 493 g/mol. The van der Waals surface area contributed by atoms with Gasteiger partial charge in [0.25, 0.3) is 0 Å². The highest BCUT2D eigenvalue weighted by Gasteiger charge is 2.45. The minimum Gasteiger partial charge on any atom is -0.462 e. The molecule has 1 saturated carbocycles. The molecule has 0 radical (unpaired) electrons. The van der Waals surface area contributed by atoms with E-state index in [0.29, 0.717) is 36.8 Å². The van der Waals surface area contributed by atoms with E-state index >= 15 is 0 Å². The van der Waals surface area contributed by atoms with Gasteiger partial charge in [0.15, 0.2) is 12.2 Å². The van der Waals surface area contributed by atoms with Gasteiger partial charge in [0, 0.05) is 32.3 Å². The SMILES string of the molecule is C=C1CCC2C(C(OC(C)=O)C(C=C(C)C)OC(C)=O)=COC(OC(C)=O)C2C(=C)CCC1OO. The summed E-state index contributed by atoms with van der Waals surface area (Å²) in [4.78, 5) is 40.5. The summed E-state index contributed by atoms with van der Waals surface area (Å²) in [5.41, 5.74) is 2.84. The van der Waals surface area contributed by atoms with Crippen LogP contribution in [-0.2, 0) is 38.2 Å². The Hall–Kier alpha value is -2.91. The molecule has 0 bridgehead atoms. The first-order valence-corrected chi connectivity index (χ1v) is 11.6. The van der Waals surface area contributed by atoms with Crippen molar-refractivity contribution in [2.75, 3.05) is 0 Å². The number of hydrogen-bond acceptors (Lipinski definition) is 9. The van der Waals surface area contributed by atoms with Crippen LogP contribution in [0.1, 0.15) is 60.3 Å². The first kappa shape index (κ1) is 28.3. The molecule has 0 saturated heterocycles. The van der Waals surface area contributed by atoms with E-state index in [-0.39, 0.29) is 5.92 Å². The van der Waals surface area contributed by atoms with Gasteiger partial charge in [-0.2, -0.15) is 0 Å². The molecule has 1 heterocycles. The molecule has 2 aliphatic rings. The molecule has 9 heteroatoms. The zero-order valence-corrected chi connectivity index (χ0v) is 21.1. The molecule has 194 valence electrons. The number of allylic oxidation sites excluding steroid dienone is 1. The molecular formula is C26H36O9. The molecule has 0 aromatic carbocycles. The number of fused-ring (bicyclic) bond motifs is 1. The van der Waals surface area contributed by atoms with Crippen LogP contribution in [0.5, 0.6) is 0 Å². The maximum absolute atomic E-state index is 12.1.